The first kappa shape index (κ1) is 24.5. The summed E-state index contributed by atoms with van der Waals surface area (Å²) in [6.07, 6.45) is 0.637. The van der Waals surface area contributed by atoms with Gasteiger partial charge in [-0.1, -0.05) is 65.8 Å². The number of amides is 2. The van der Waals surface area contributed by atoms with Crippen molar-refractivity contribution >= 4 is 17.8 Å². The van der Waals surface area contributed by atoms with Crippen LogP contribution in [0.1, 0.15) is 85.4 Å². The number of carbonyl (C=O) groups is 3. The second kappa shape index (κ2) is 9.00. The zero-order valence-corrected chi connectivity index (χ0v) is 20.3. The van der Waals surface area contributed by atoms with Crippen molar-refractivity contribution < 1.29 is 24.2 Å². The Morgan fingerprint density at radius 3 is 1.85 bits per heavy atom. The molecule has 1 aliphatic rings. The van der Waals surface area contributed by atoms with E-state index in [4.69, 9.17) is 4.74 Å². The van der Waals surface area contributed by atoms with Crippen LogP contribution in [-0.4, -0.2) is 40.9 Å². The van der Waals surface area contributed by atoms with Crippen LogP contribution in [0.25, 0.3) is 0 Å². The molecule has 6 heteroatoms. The lowest BCUT2D eigenvalue weighted by Crippen LogP contribution is -2.33. The molecule has 2 aromatic rings. The van der Waals surface area contributed by atoms with Crippen LogP contribution in [0.15, 0.2) is 36.4 Å². The summed E-state index contributed by atoms with van der Waals surface area (Å²) in [4.78, 5) is 38.2. The van der Waals surface area contributed by atoms with E-state index in [1.165, 1.54) is 0 Å². The SMILES string of the molecule is CC(C)(C)c1cc(CCC(=O)OCCN2C(=O)c3ccccc3C2=O)cc(C(C)(C)C)c1O. The molecule has 0 saturated carbocycles. The van der Waals surface area contributed by atoms with E-state index >= 15 is 0 Å². The summed E-state index contributed by atoms with van der Waals surface area (Å²) < 4.78 is 5.31. The number of hydrogen-bond donors (Lipinski definition) is 1. The monoisotopic (exact) mass is 451 g/mol. The smallest absolute Gasteiger partial charge is 0.306 e. The van der Waals surface area contributed by atoms with Gasteiger partial charge in [0.05, 0.1) is 17.7 Å². The molecular formula is C27H33NO5. The third kappa shape index (κ3) is 5.27. The molecule has 0 atom stereocenters. The summed E-state index contributed by atoms with van der Waals surface area (Å²) in [5.74, 6) is -0.808. The third-order valence-corrected chi connectivity index (χ3v) is 5.86. The van der Waals surface area contributed by atoms with Crippen LogP contribution in [0.2, 0.25) is 0 Å². The molecule has 1 aliphatic heterocycles. The molecular weight excluding hydrogens is 418 g/mol. The largest absolute Gasteiger partial charge is 0.507 e. The van der Waals surface area contributed by atoms with Crippen molar-refractivity contribution in [3.63, 3.8) is 0 Å². The van der Waals surface area contributed by atoms with E-state index < -0.39 is 5.97 Å². The Morgan fingerprint density at radius 1 is 0.909 bits per heavy atom. The van der Waals surface area contributed by atoms with Crippen molar-refractivity contribution in [2.24, 2.45) is 0 Å². The van der Waals surface area contributed by atoms with Crippen LogP contribution in [0, 0.1) is 0 Å². The van der Waals surface area contributed by atoms with E-state index in [9.17, 15) is 19.5 Å². The average Bonchev–Trinajstić information content (AvgIpc) is 2.96. The van der Waals surface area contributed by atoms with Gasteiger partial charge in [0, 0.05) is 6.42 Å². The molecule has 0 spiro atoms. The second-order valence-corrected chi connectivity index (χ2v) is 10.6. The fraction of sp³-hybridized carbons (Fsp3) is 0.444. The highest BCUT2D eigenvalue weighted by atomic mass is 16.5. The lowest BCUT2D eigenvalue weighted by Gasteiger charge is -2.28. The first-order chi connectivity index (χ1) is 15.3. The number of esters is 1. The molecule has 0 radical (unpaired) electrons. The van der Waals surface area contributed by atoms with E-state index in [1.807, 2.05) is 53.7 Å². The minimum Gasteiger partial charge on any atom is -0.507 e. The number of fused-ring (bicyclic) bond motifs is 1. The molecule has 1 N–H and O–H groups in total. The highest BCUT2D eigenvalue weighted by Crippen LogP contribution is 2.40. The van der Waals surface area contributed by atoms with Crippen molar-refractivity contribution in [3.8, 4) is 5.75 Å². The average molecular weight is 452 g/mol. The Morgan fingerprint density at radius 2 is 1.39 bits per heavy atom. The maximum atomic E-state index is 12.4. The highest BCUT2D eigenvalue weighted by Gasteiger charge is 2.34. The van der Waals surface area contributed by atoms with Crippen molar-refractivity contribution in [1.29, 1.82) is 0 Å². The first-order valence-corrected chi connectivity index (χ1v) is 11.3. The van der Waals surface area contributed by atoms with Gasteiger partial charge in [0.2, 0.25) is 0 Å². The summed E-state index contributed by atoms with van der Waals surface area (Å²) in [7, 11) is 0. The fourth-order valence-electron chi connectivity index (χ4n) is 3.99. The number of nitrogens with zero attached hydrogens (tertiary/aromatic N) is 1. The van der Waals surface area contributed by atoms with Gasteiger partial charge in [-0.2, -0.15) is 0 Å². The number of benzene rings is 2. The number of aromatic hydroxyl groups is 1. The lowest BCUT2D eigenvalue weighted by atomic mass is 9.78. The summed E-state index contributed by atoms with van der Waals surface area (Å²) >= 11 is 0. The molecule has 1 heterocycles. The van der Waals surface area contributed by atoms with Crippen LogP contribution in [0.3, 0.4) is 0 Å². The first-order valence-electron chi connectivity index (χ1n) is 11.3. The maximum absolute atomic E-state index is 12.4. The maximum Gasteiger partial charge on any atom is 0.306 e. The van der Waals surface area contributed by atoms with Crippen LogP contribution in [-0.2, 0) is 26.8 Å². The molecule has 0 unspecified atom stereocenters. The van der Waals surface area contributed by atoms with E-state index in [0.29, 0.717) is 23.3 Å². The van der Waals surface area contributed by atoms with Gasteiger partial charge in [-0.15, -0.1) is 0 Å². The third-order valence-electron chi connectivity index (χ3n) is 5.86. The number of imide groups is 1. The van der Waals surface area contributed by atoms with Gasteiger partial charge in [-0.05, 0) is 46.1 Å². The van der Waals surface area contributed by atoms with Crippen molar-refractivity contribution in [3.05, 3.63) is 64.2 Å². The topological polar surface area (TPSA) is 83.9 Å². The Bertz CT molecular complexity index is 1020. The number of ether oxygens (including phenoxy) is 1. The van der Waals surface area contributed by atoms with Crippen molar-refractivity contribution in [2.75, 3.05) is 13.2 Å². The van der Waals surface area contributed by atoms with Crippen LogP contribution >= 0.6 is 0 Å². The van der Waals surface area contributed by atoms with Gasteiger partial charge in [0.1, 0.15) is 12.4 Å². The molecule has 0 aliphatic carbocycles. The fourth-order valence-corrected chi connectivity index (χ4v) is 3.99. The van der Waals surface area contributed by atoms with Gasteiger partial charge < -0.3 is 9.84 Å². The summed E-state index contributed by atoms with van der Waals surface area (Å²) in [5.41, 5.74) is 2.93. The minimum absolute atomic E-state index is 0.0274. The molecule has 33 heavy (non-hydrogen) atoms. The number of phenols is 1. The number of phenolic OH excluding ortho intramolecular Hbond substituents is 1. The van der Waals surface area contributed by atoms with Gasteiger partial charge in [0.15, 0.2) is 0 Å². The summed E-state index contributed by atoms with van der Waals surface area (Å²) in [5, 5.41) is 10.8. The molecule has 6 nitrogen and oxygen atoms in total. The molecule has 0 bridgehead atoms. The number of rotatable bonds is 6. The Balaban J connectivity index is 1.60. The van der Waals surface area contributed by atoms with E-state index in [-0.39, 0.29) is 42.2 Å². The zero-order chi connectivity index (χ0) is 24.6. The molecule has 0 aromatic heterocycles. The number of hydrogen-bond acceptors (Lipinski definition) is 5. The van der Waals surface area contributed by atoms with Crippen molar-refractivity contribution in [2.45, 2.75) is 65.2 Å². The predicted molar refractivity (Wildman–Crippen MR) is 127 cm³/mol. The molecule has 2 aromatic carbocycles. The van der Waals surface area contributed by atoms with Crippen molar-refractivity contribution in [1.82, 2.24) is 4.90 Å². The molecule has 176 valence electrons. The van der Waals surface area contributed by atoms with Gasteiger partial charge in [-0.3, -0.25) is 19.3 Å². The zero-order valence-electron chi connectivity index (χ0n) is 20.3. The van der Waals surface area contributed by atoms with Gasteiger partial charge in [0.25, 0.3) is 11.8 Å². The Hall–Kier alpha value is -3.15. The normalized spacial score (nSPS) is 13.9. The van der Waals surface area contributed by atoms with Gasteiger partial charge in [-0.25, -0.2) is 0 Å². The van der Waals surface area contributed by atoms with Crippen LogP contribution < -0.4 is 0 Å². The minimum atomic E-state index is -0.394. The quantitative estimate of drug-likeness (QED) is 0.506. The number of carbonyl (C=O) groups excluding carboxylic acids is 3. The van der Waals surface area contributed by atoms with E-state index in [2.05, 4.69) is 0 Å². The van der Waals surface area contributed by atoms with Gasteiger partial charge >= 0.3 is 5.97 Å². The standard InChI is InChI=1S/C27H33NO5/c1-26(2,3)20-15-17(16-21(23(20)30)27(4,5)6)11-12-22(29)33-14-13-28-24(31)18-9-7-8-10-19(18)25(28)32/h7-10,15-16,30H,11-14H2,1-6H3. The number of aryl methyl sites for hydroxylation is 1. The second-order valence-electron chi connectivity index (χ2n) is 10.6. The van der Waals surface area contributed by atoms with Crippen LogP contribution in [0.5, 0.6) is 5.75 Å². The molecule has 0 saturated heterocycles. The van der Waals surface area contributed by atoms with Crippen LogP contribution in [0.4, 0.5) is 0 Å². The summed E-state index contributed by atoms with van der Waals surface area (Å²) in [6.45, 7) is 12.3. The summed E-state index contributed by atoms with van der Waals surface area (Å²) in [6, 6.07) is 10.6. The predicted octanol–water partition coefficient (Wildman–Crippen LogP) is 4.76. The van der Waals surface area contributed by atoms with E-state index in [0.717, 1.165) is 21.6 Å². The molecule has 0 fully saturated rings. The molecule has 3 rings (SSSR count). The Labute approximate surface area is 195 Å². The lowest BCUT2D eigenvalue weighted by molar-refractivity contribution is -0.143. The highest BCUT2D eigenvalue weighted by molar-refractivity contribution is 6.21. The van der Waals surface area contributed by atoms with E-state index in [1.54, 1.807) is 24.3 Å². The Kier molecular flexibility index (Phi) is 6.68. The molecule has 2 amide bonds.